The first kappa shape index (κ1) is 15.0. The van der Waals surface area contributed by atoms with E-state index in [0.717, 1.165) is 11.1 Å². The standard InChI is InChI=1S/C21H14O4/c22-17-8-6-15(11-19(17)24)21-12-18(23)16-10-14(7-9-20(16)25-21)13-4-2-1-3-5-13/h1-12,22,24H. The van der Waals surface area contributed by atoms with Crippen molar-refractivity contribution in [3.8, 4) is 33.9 Å². The number of benzene rings is 3. The quantitative estimate of drug-likeness (QED) is 0.529. The third-order valence-electron chi connectivity index (χ3n) is 4.09. The predicted octanol–water partition coefficient (Wildman–Crippen LogP) is 4.54. The van der Waals surface area contributed by atoms with Crippen LogP contribution in [0.25, 0.3) is 33.4 Å². The summed E-state index contributed by atoms with van der Waals surface area (Å²) in [5.41, 5.74) is 2.78. The predicted molar refractivity (Wildman–Crippen MR) is 96.7 cm³/mol. The van der Waals surface area contributed by atoms with E-state index >= 15 is 0 Å². The Kier molecular flexibility index (Phi) is 3.51. The Balaban J connectivity index is 1.86. The van der Waals surface area contributed by atoms with E-state index in [2.05, 4.69) is 0 Å². The zero-order valence-corrected chi connectivity index (χ0v) is 13.1. The molecule has 0 saturated carbocycles. The first-order chi connectivity index (χ1) is 12.1. The molecule has 4 heteroatoms. The minimum atomic E-state index is -0.264. The molecule has 25 heavy (non-hydrogen) atoms. The SMILES string of the molecule is O=c1cc(-c2ccc(O)c(O)c2)oc2ccc(-c3ccccc3)cc12. The van der Waals surface area contributed by atoms with Gasteiger partial charge >= 0.3 is 0 Å². The van der Waals surface area contributed by atoms with E-state index < -0.39 is 0 Å². The fraction of sp³-hybridized carbons (Fsp3) is 0. The van der Waals surface area contributed by atoms with E-state index in [9.17, 15) is 15.0 Å². The summed E-state index contributed by atoms with van der Waals surface area (Å²) in [5.74, 6) is -0.153. The number of aromatic hydroxyl groups is 2. The molecule has 0 saturated heterocycles. The summed E-state index contributed by atoms with van der Waals surface area (Å²) in [5, 5.41) is 19.5. The second-order valence-corrected chi connectivity index (χ2v) is 5.76. The molecule has 0 bridgehead atoms. The number of fused-ring (bicyclic) bond motifs is 1. The van der Waals surface area contributed by atoms with Crippen LogP contribution in [0.15, 0.2) is 82.0 Å². The molecular weight excluding hydrogens is 316 g/mol. The van der Waals surface area contributed by atoms with Gasteiger partial charge in [0, 0.05) is 11.6 Å². The first-order valence-electron chi connectivity index (χ1n) is 7.77. The van der Waals surface area contributed by atoms with Gasteiger partial charge in [0.25, 0.3) is 0 Å². The van der Waals surface area contributed by atoms with E-state index in [4.69, 9.17) is 4.42 Å². The number of hydrogen-bond acceptors (Lipinski definition) is 4. The molecule has 0 aliphatic rings. The van der Waals surface area contributed by atoms with Crippen molar-refractivity contribution in [2.75, 3.05) is 0 Å². The largest absolute Gasteiger partial charge is 0.504 e. The lowest BCUT2D eigenvalue weighted by Gasteiger charge is -2.06. The summed E-state index contributed by atoms with van der Waals surface area (Å²) >= 11 is 0. The average Bonchev–Trinajstić information content (AvgIpc) is 2.64. The Morgan fingerprint density at radius 2 is 1.44 bits per heavy atom. The molecule has 0 aliphatic heterocycles. The third kappa shape index (κ3) is 2.74. The average molecular weight is 330 g/mol. The van der Waals surface area contributed by atoms with Gasteiger partial charge in [-0.25, -0.2) is 0 Å². The van der Waals surface area contributed by atoms with Gasteiger partial charge in [-0.15, -0.1) is 0 Å². The van der Waals surface area contributed by atoms with E-state index in [1.807, 2.05) is 42.5 Å². The Morgan fingerprint density at radius 3 is 2.20 bits per heavy atom. The van der Waals surface area contributed by atoms with Gasteiger partial charge in [0.15, 0.2) is 16.9 Å². The second-order valence-electron chi connectivity index (χ2n) is 5.76. The minimum Gasteiger partial charge on any atom is -0.504 e. The maximum Gasteiger partial charge on any atom is 0.193 e. The van der Waals surface area contributed by atoms with E-state index in [1.54, 1.807) is 12.1 Å². The number of phenolic OH excluding ortho intramolecular Hbond substituents is 2. The fourth-order valence-electron chi connectivity index (χ4n) is 2.79. The summed E-state index contributed by atoms with van der Waals surface area (Å²) in [6, 6.07) is 21.0. The molecule has 4 aromatic rings. The molecule has 3 aromatic carbocycles. The minimum absolute atomic E-state index is 0.165. The van der Waals surface area contributed by atoms with Crippen LogP contribution in [0, 0.1) is 0 Å². The van der Waals surface area contributed by atoms with Crippen LogP contribution in [0.2, 0.25) is 0 Å². The second kappa shape index (κ2) is 5.83. The highest BCUT2D eigenvalue weighted by Gasteiger charge is 2.10. The molecule has 4 rings (SSSR count). The monoisotopic (exact) mass is 330 g/mol. The van der Waals surface area contributed by atoms with Gasteiger partial charge in [0.1, 0.15) is 11.3 Å². The van der Waals surface area contributed by atoms with Gasteiger partial charge in [-0.3, -0.25) is 4.79 Å². The Labute approximate surface area is 143 Å². The third-order valence-corrected chi connectivity index (χ3v) is 4.09. The van der Waals surface area contributed by atoms with Gasteiger partial charge in [-0.1, -0.05) is 36.4 Å². The smallest absolute Gasteiger partial charge is 0.193 e. The van der Waals surface area contributed by atoms with Crippen molar-refractivity contribution in [2.24, 2.45) is 0 Å². The summed E-state index contributed by atoms with van der Waals surface area (Å²) in [6.07, 6.45) is 0. The molecule has 1 aromatic heterocycles. The Bertz CT molecular complexity index is 1130. The Hall–Kier alpha value is -3.53. The molecule has 0 fully saturated rings. The van der Waals surface area contributed by atoms with Gasteiger partial charge < -0.3 is 14.6 Å². The van der Waals surface area contributed by atoms with E-state index in [1.165, 1.54) is 18.2 Å². The van der Waals surface area contributed by atoms with Crippen molar-refractivity contribution in [3.05, 3.63) is 83.0 Å². The van der Waals surface area contributed by atoms with Crippen molar-refractivity contribution in [1.82, 2.24) is 0 Å². The van der Waals surface area contributed by atoms with Crippen molar-refractivity contribution in [3.63, 3.8) is 0 Å². The molecule has 0 atom stereocenters. The molecule has 0 aliphatic carbocycles. The van der Waals surface area contributed by atoms with Crippen LogP contribution < -0.4 is 5.43 Å². The molecular formula is C21H14O4. The number of hydrogen-bond donors (Lipinski definition) is 2. The fourth-order valence-corrected chi connectivity index (χ4v) is 2.79. The summed E-state index contributed by atoms with van der Waals surface area (Å²) in [4.78, 5) is 12.5. The molecule has 0 amide bonds. The maximum atomic E-state index is 12.5. The Morgan fingerprint density at radius 1 is 0.680 bits per heavy atom. The lowest BCUT2D eigenvalue weighted by atomic mass is 10.0. The van der Waals surface area contributed by atoms with Crippen molar-refractivity contribution < 1.29 is 14.6 Å². The number of phenols is 2. The highest BCUT2D eigenvalue weighted by atomic mass is 16.3. The van der Waals surface area contributed by atoms with Gasteiger partial charge in [-0.2, -0.15) is 0 Å². The van der Waals surface area contributed by atoms with E-state index in [-0.39, 0.29) is 16.9 Å². The zero-order valence-electron chi connectivity index (χ0n) is 13.1. The van der Waals surface area contributed by atoms with Crippen LogP contribution >= 0.6 is 0 Å². The molecule has 0 unspecified atom stereocenters. The normalized spacial score (nSPS) is 10.9. The lowest BCUT2D eigenvalue weighted by Crippen LogP contribution is -2.00. The molecule has 122 valence electrons. The topological polar surface area (TPSA) is 70.7 Å². The van der Waals surface area contributed by atoms with E-state index in [0.29, 0.717) is 22.3 Å². The van der Waals surface area contributed by atoms with Crippen LogP contribution in [0.3, 0.4) is 0 Å². The van der Waals surface area contributed by atoms with Gasteiger partial charge in [0.2, 0.25) is 0 Å². The molecule has 4 nitrogen and oxygen atoms in total. The summed E-state index contributed by atoms with van der Waals surface area (Å²) in [7, 11) is 0. The van der Waals surface area contributed by atoms with Crippen molar-refractivity contribution in [1.29, 1.82) is 0 Å². The summed E-state index contributed by atoms with van der Waals surface area (Å²) < 4.78 is 5.82. The molecule has 0 spiro atoms. The molecule has 1 heterocycles. The van der Waals surface area contributed by atoms with Crippen LogP contribution in [-0.2, 0) is 0 Å². The van der Waals surface area contributed by atoms with Crippen LogP contribution in [0.5, 0.6) is 11.5 Å². The van der Waals surface area contributed by atoms with Crippen molar-refractivity contribution >= 4 is 11.0 Å². The summed E-state index contributed by atoms with van der Waals surface area (Å²) in [6.45, 7) is 0. The van der Waals surface area contributed by atoms with Gasteiger partial charge in [0.05, 0.1) is 5.39 Å². The molecule has 0 radical (unpaired) electrons. The maximum absolute atomic E-state index is 12.5. The number of rotatable bonds is 2. The first-order valence-corrected chi connectivity index (χ1v) is 7.77. The van der Waals surface area contributed by atoms with Crippen LogP contribution in [0.1, 0.15) is 0 Å². The lowest BCUT2D eigenvalue weighted by molar-refractivity contribution is 0.404. The van der Waals surface area contributed by atoms with Crippen LogP contribution in [-0.4, -0.2) is 10.2 Å². The van der Waals surface area contributed by atoms with Gasteiger partial charge in [-0.05, 0) is 41.5 Å². The van der Waals surface area contributed by atoms with Crippen molar-refractivity contribution in [2.45, 2.75) is 0 Å². The zero-order chi connectivity index (χ0) is 17.4. The molecule has 2 N–H and O–H groups in total. The highest BCUT2D eigenvalue weighted by Crippen LogP contribution is 2.31. The highest BCUT2D eigenvalue weighted by molar-refractivity contribution is 5.84. The van der Waals surface area contributed by atoms with Crippen LogP contribution in [0.4, 0.5) is 0 Å².